The van der Waals surface area contributed by atoms with Gasteiger partial charge in [-0.2, -0.15) is 0 Å². The quantitative estimate of drug-likeness (QED) is 0.838. The average molecular weight is 290 g/mol. The highest BCUT2D eigenvalue weighted by Crippen LogP contribution is 2.24. The van der Waals surface area contributed by atoms with Gasteiger partial charge in [-0.25, -0.2) is 0 Å². The number of methoxy groups -OCH3 is 1. The lowest BCUT2D eigenvalue weighted by atomic mass is 9.94. The molecule has 1 amide bonds. The summed E-state index contributed by atoms with van der Waals surface area (Å²) in [5.74, 6) is 0.833. The molecular formula is C17H26N2O2. The van der Waals surface area contributed by atoms with Crippen LogP contribution in [0, 0.1) is 5.92 Å². The highest BCUT2D eigenvalue weighted by atomic mass is 16.5. The van der Waals surface area contributed by atoms with E-state index in [2.05, 4.69) is 5.32 Å². The molecule has 3 N–H and O–H groups in total. The van der Waals surface area contributed by atoms with Gasteiger partial charge in [-0.3, -0.25) is 4.79 Å². The van der Waals surface area contributed by atoms with E-state index in [0.717, 1.165) is 37.0 Å². The molecule has 1 saturated carbocycles. The molecule has 1 aliphatic carbocycles. The first-order chi connectivity index (χ1) is 10.1. The molecular weight excluding hydrogens is 264 g/mol. The van der Waals surface area contributed by atoms with Crippen LogP contribution in [0.15, 0.2) is 24.3 Å². The van der Waals surface area contributed by atoms with Crippen LogP contribution in [0.1, 0.15) is 50.6 Å². The Morgan fingerprint density at radius 1 is 1.33 bits per heavy atom. The fourth-order valence-corrected chi connectivity index (χ4v) is 2.98. The number of rotatable bonds is 4. The second kappa shape index (κ2) is 7.46. The van der Waals surface area contributed by atoms with E-state index in [-0.39, 0.29) is 23.9 Å². The lowest BCUT2D eigenvalue weighted by Crippen LogP contribution is -2.42. The van der Waals surface area contributed by atoms with Crippen molar-refractivity contribution >= 4 is 5.91 Å². The molecule has 0 aliphatic heterocycles. The van der Waals surface area contributed by atoms with Crippen LogP contribution in [0.25, 0.3) is 0 Å². The van der Waals surface area contributed by atoms with Crippen molar-refractivity contribution in [3.05, 3.63) is 29.8 Å². The minimum atomic E-state index is -0.0550. The summed E-state index contributed by atoms with van der Waals surface area (Å²) in [6, 6.07) is 7.75. The third kappa shape index (κ3) is 4.21. The van der Waals surface area contributed by atoms with Gasteiger partial charge in [-0.1, -0.05) is 31.4 Å². The molecule has 1 aromatic carbocycles. The van der Waals surface area contributed by atoms with E-state index in [1.807, 2.05) is 31.2 Å². The maximum absolute atomic E-state index is 12.5. The Labute approximate surface area is 127 Å². The standard InChI is InChI=1S/C17H26N2O2/c1-12(13-7-6-8-14(11-13)21-2)19-17(20)15-9-4-3-5-10-16(15)18/h6-8,11-12,15-16H,3-5,9-10,18H2,1-2H3,(H,19,20)/t12-,15?,16?/m1/s1. The minimum Gasteiger partial charge on any atom is -0.497 e. The second-order valence-electron chi connectivity index (χ2n) is 5.92. The molecule has 0 bridgehead atoms. The minimum absolute atomic E-state index is 0.00925. The van der Waals surface area contributed by atoms with Gasteiger partial charge in [-0.05, 0) is 37.5 Å². The Morgan fingerprint density at radius 2 is 2.10 bits per heavy atom. The molecule has 1 aromatic rings. The van der Waals surface area contributed by atoms with Gasteiger partial charge >= 0.3 is 0 Å². The molecule has 2 rings (SSSR count). The number of amides is 1. The van der Waals surface area contributed by atoms with Gasteiger partial charge in [0.05, 0.1) is 19.1 Å². The van der Waals surface area contributed by atoms with Crippen molar-refractivity contribution in [1.29, 1.82) is 0 Å². The fourth-order valence-electron chi connectivity index (χ4n) is 2.98. The van der Waals surface area contributed by atoms with Crippen LogP contribution in [0.2, 0.25) is 0 Å². The zero-order chi connectivity index (χ0) is 15.2. The molecule has 0 aromatic heterocycles. The van der Waals surface area contributed by atoms with Crippen LogP contribution < -0.4 is 15.8 Å². The Hall–Kier alpha value is -1.55. The Kier molecular flexibility index (Phi) is 5.62. The van der Waals surface area contributed by atoms with Crippen LogP contribution in [-0.2, 0) is 4.79 Å². The van der Waals surface area contributed by atoms with Crippen molar-refractivity contribution in [2.45, 2.75) is 51.1 Å². The average Bonchev–Trinajstić information content (AvgIpc) is 2.71. The molecule has 1 fully saturated rings. The van der Waals surface area contributed by atoms with Gasteiger partial charge in [0.25, 0.3) is 0 Å². The van der Waals surface area contributed by atoms with Gasteiger partial charge < -0.3 is 15.8 Å². The maximum Gasteiger partial charge on any atom is 0.225 e. The number of nitrogens with two attached hydrogens (primary N) is 1. The highest BCUT2D eigenvalue weighted by molar-refractivity contribution is 5.79. The highest BCUT2D eigenvalue weighted by Gasteiger charge is 2.27. The first kappa shape index (κ1) is 15.8. The van der Waals surface area contributed by atoms with E-state index < -0.39 is 0 Å². The predicted octanol–water partition coefficient (Wildman–Crippen LogP) is 2.78. The zero-order valence-corrected chi connectivity index (χ0v) is 13.0. The molecule has 2 unspecified atom stereocenters. The van der Waals surface area contributed by atoms with Crippen LogP contribution in [0.5, 0.6) is 5.75 Å². The van der Waals surface area contributed by atoms with Gasteiger partial charge in [0.1, 0.15) is 5.75 Å². The third-order valence-corrected chi connectivity index (χ3v) is 4.36. The lowest BCUT2D eigenvalue weighted by molar-refractivity contribution is -0.126. The van der Waals surface area contributed by atoms with E-state index in [1.165, 1.54) is 6.42 Å². The van der Waals surface area contributed by atoms with Gasteiger partial charge in [-0.15, -0.1) is 0 Å². The first-order valence-electron chi connectivity index (χ1n) is 7.81. The van der Waals surface area contributed by atoms with E-state index >= 15 is 0 Å². The molecule has 116 valence electrons. The van der Waals surface area contributed by atoms with Crippen molar-refractivity contribution in [1.82, 2.24) is 5.32 Å². The van der Waals surface area contributed by atoms with E-state index in [1.54, 1.807) is 7.11 Å². The summed E-state index contributed by atoms with van der Waals surface area (Å²) in [6.07, 6.45) is 5.27. The second-order valence-corrected chi connectivity index (χ2v) is 5.92. The summed E-state index contributed by atoms with van der Waals surface area (Å²) in [4.78, 5) is 12.5. The Balaban J connectivity index is 2.00. The van der Waals surface area contributed by atoms with Crippen molar-refractivity contribution in [2.24, 2.45) is 11.7 Å². The van der Waals surface area contributed by atoms with Crippen molar-refractivity contribution in [3.8, 4) is 5.75 Å². The van der Waals surface area contributed by atoms with Crippen LogP contribution in [-0.4, -0.2) is 19.1 Å². The topological polar surface area (TPSA) is 64.3 Å². The molecule has 0 heterocycles. The van der Waals surface area contributed by atoms with E-state index in [9.17, 15) is 4.79 Å². The number of carbonyl (C=O) groups excluding carboxylic acids is 1. The smallest absolute Gasteiger partial charge is 0.225 e. The maximum atomic E-state index is 12.5. The Morgan fingerprint density at radius 3 is 2.86 bits per heavy atom. The SMILES string of the molecule is COc1cccc([C@@H](C)NC(=O)C2CCCCCC2N)c1. The Bertz CT molecular complexity index is 476. The predicted molar refractivity (Wildman–Crippen MR) is 84.1 cm³/mol. The first-order valence-corrected chi connectivity index (χ1v) is 7.81. The van der Waals surface area contributed by atoms with Gasteiger partial charge in [0.15, 0.2) is 0 Å². The van der Waals surface area contributed by atoms with Crippen molar-refractivity contribution in [2.75, 3.05) is 7.11 Å². The lowest BCUT2D eigenvalue weighted by Gasteiger charge is -2.23. The van der Waals surface area contributed by atoms with Crippen LogP contribution in [0.3, 0.4) is 0 Å². The van der Waals surface area contributed by atoms with Crippen LogP contribution in [0.4, 0.5) is 0 Å². The number of nitrogens with one attached hydrogen (secondary N) is 1. The number of carbonyl (C=O) groups is 1. The number of hydrogen-bond donors (Lipinski definition) is 2. The monoisotopic (exact) mass is 290 g/mol. The van der Waals surface area contributed by atoms with Crippen LogP contribution >= 0.6 is 0 Å². The largest absolute Gasteiger partial charge is 0.497 e. The zero-order valence-electron chi connectivity index (χ0n) is 13.0. The van der Waals surface area contributed by atoms with Crippen molar-refractivity contribution in [3.63, 3.8) is 0 Å². The number of hydrogen-bond acceptors (Lipinski definition) is 3. The molecule has 3 atom stereocenters. The molecule has 0 saturated heterocycles. The number of benzene rings is 1. The van der Waals surface area contributed by atoms with E-state index in [4.69, 9.17) is 10.5 Å². The molecule has 4 heteroatoms. The van der Waals surface area contributed by atoms with E-state index in [0.29, 0.717) is 0 Å². The molecule has 0 radical (unpaired) electrons. The number of ether oxygens (including phenoxy) is 1. The molecule has 0 spiro atoms. The normalized spacial score (nSPS) is 24.0. The molecule has 21 heavy (non-hydrogen) atoms. The molecule has 4 nitrogen and oxygen atoms in total. The van der Waals surface area contributed by atoms with Gasteiger partial charge in [0, 0.05) is 6.04 Å². The molecule has 1 aliphatic rings. The summed E-state index contributed by atoms with van der Waals surface area (Å²) in [5, 5.41) is 3.10. The van der Waals surface area contributed by atoms with Gasteiger partial charge in [0.2, 0.25) is 5.91 Å². The van der Waals surface area contributed by atoms with Crippen molar-refractivity contribution < 1.29 is 9.53 Å². The third-order valence-electron chi connectivity index (χ3n) is 4.36. The summed E-state index contributed by atoms with van der Waals surface area (Å²) in [5.41, 5.74) is 7.21. The summed E-state index contributed by atoms with van der Waals surface area (Å²) in [7, 11) is 1.65. The summed E-state index contributed by atoms with van der Waals surface area (Å²) in [6.45, 7) is 1.99. The summed E-state index contributed by atoms with van der Waals surface area (Å²) >= 11 is 0. The fraction of sp³-hybridized carbons (Fsp3) is 0.588. The summed E-state index contributed by atoms with van der Waals surface area (Å²) < 4.78 is 5.23.